The van der Waals surface area contributed by atoms with Crippen molar-refractivity contribution in [2.75, 3.05) is 18.6 Å². The number of quaternary nitrogens is 1. The molecule has 0 fully saturated rings. The molecule has 1 amide bonds. The highest BCUT2D eigenvalue weighted by Crippen LogP contribution is 2.18. The molecule has 0 aliphatic rings. The van der Waals surface area contributed by atoms with Crippen LogP contribution in [0.1, 0.15) is 23.9 Å². The van der Waals surface area contributed by atoms with Crippen LogP contribution < -0.4 is 10.2 Å². The number of aromatic nitrogens is 2. The molecule has 5 nitrogen and oxygen atoms in total. The summed E-state index contributed by atoms with van der Waals surface area (Å²) in [6, 6.07) is 8.37. The van der Waals surface area contributed by atoms with Crippen molar-refractivity contribution < 1.29 is 9.69 Å². The Balaban J connectivity index is 2.01. The van der Waals surface area contributed by atoms with Crippen LogP contribution in [0.3, 0.4) is 0 Å². The first-order valence-corrected chi connectivity index (χ1v) is 9.32. The standard InChI is InChI=1S/C18H26N4OS/c1-12-17(13(2)22(5)20-12)19-18(23)14(3)21(4)11-15-7-9-16(24-6)10-8-15/h7-10,14H,11H2,1-6H3,(H,19,23)/p+1/t14-/m1/s1. The summed E-state index contributed by atoms with van der Waals surface area (Å²) in [4.78, 5) is 15.0. The fourth-order valence-corrected chi connectivity index (χ4v) is 3.04. The van der Waals surface area contributed by atoms with E-state index in [0.29, 0.717) is 0 Å². The van der Waals surface area contributed by atoms with Crippen LogP contribution in [-0.2, 0) is 18.4 Å². The normalized spacial score (nSPS) is 13.6. The highest BCUT2D eigenvalue weighted by molar-refractivity contribution is 7.98. The number of amides is 1. The summed E-state index contributed by atoms with van der Waals surface area (Å²) in [5.41, 5.74) is 3.88. The number of carbonyl (C=O) groups excluding carboxylic acids is 1. The second kappa shape index (κ2) is 7.85. The molecule has 130 valence electrons. The minimum atomic E-state index is -0.149. The third kappa shape index (κ3) is 4.19. The largest absolute Gasteiger partial charge is 0.324 e. The fourth-order valence-electron chi connectivity index (χ4n) is 2.63. The van der Waals surface area contributed by atoms with Crippen molar-refractivity contribution in [2.24, 2.45) is 7.05 Å². The van der Waals surface area contributed by atoms with Gasteiger partial charge in [0.1, 0.15) is 6.54 Å². The van der Waals surface area contributed by atoms with Gasteiger partial charge in [-0.05, 0) is 39.2 Å². The van der Waals surface area contributed by atoms with Gasteiger partial charge in [-0.25, -0.2) is 0 Å². The Labute approximate surface area is 148 Å². The van der Waals surface area contributed by atoms with Gasteiger partial charge in [0.25, 0.3) is 5.91 Å². The number of likely N-dealkylation sites (N-methyl/N-ethyl adjacent to an activating group) is 1. The predicted molar refractivity (Wildman–Crippen MR) is 99.6 cm³/mol. The molecule has 24 heavy (non-hydrogen) atoms. The molecule has 1 aromatic heterocycles. The van der Waals surface area contributed by atoms with E-state index >= 15 is 0 Å². The molecule has 2 aromatic rings. The maximum Gasteiger partial charge on any atom is 0.282 e. The Morgan fingerprint density at radius 3 is 2.46 bits per heavy atom. The van der Waals surface area contributed by atoms with E-state index in [1.54, 1.807) is 16.4 Å². The molecule has 1 aromatic carbocycles. The maximum atomic E-state index is 12.6. The van der Waals surface area contributed by atoms with Gasteiger partial charge in [-0.15, -0.1) is 11.8 Å². The quantitative estimate of drug-likeness (QED) is 0.784. The van der Waals surface area contributed by atoms with Gasteiger partial charge in [-0.3, -0.25) is 9.48 Å². The number of hydrogen-bond donors (Lipinski definition) is 2. The molecule has 0 spiro atoms. The third-order valence-electron chi connectivity index (χ3n) is 4.53. The van der Waals surface area contributed by atoms with Crippen molar-refractivity contribution in [3.8, 4) is 0 Å². The summed E-state index contributed by atoms with van der Waals surface area (Å²) in [7, 11) is 3.94. The Kier molecular flexibility index (Phi) is 6.07. The topological polar surface area (TPSA) is 51.4 Å². The lowest BCUT2D eigenvalue weighted by atomic mass is 10.2. The van der Waals surface area contributed by atoms with Gasteiger partial charge in [0.05, 0.1) is 24.1 Å². The first-order valence-electron chi connectivity index (χ1n) is 8.09. The zero-order chi connectivity index (χ0) is 17.9. The molecule has 0 bridgehead atoms. The summed E-state index contributed by atoms with van der Waals surface area (Å²) in [5.74, 6) is 0.0208. The van der Waals surface area contributed by atoms with Crippen molar-refractivity contribution >= 4 is 23.4 Å². The van der Waals surface area contributed by atoms with Crippen molar-refractivity contribution in [3.05, 3.63) is 41.2 Å². The Hall–Kier alpha value is -1.79. The molecule has 0 saturated carbocycles. The monoisotopic (exact) mass is 347 g/mol. The van der Waals surface area contributed by atoms with Crippen molar-refractivity contribution in [2.45, 2.75) is 38.3 Å². The van der Waals surface area contributed by atoms with Gasteiger partial charge >= 0.3 is 0 Å². The van der Waals surface area contributed by atoms with E-state index in [2.05, 4.69) is 48.0 Å². The molecule has 0 saturated heterocycles. The summed E-state index contributed by atoms with van der Waals surface area (Å²) in [6.45, 7) is 6.65. The Bertz CT molecular complexity index is 709. The molecular weight excluding hydrogens is 320 g/mol. The van der Waals surface area contributed by atoms with Crippen LogP contribution in [0.25, 0.3) is 0 Å². The number of nitrogens with zero attached hydrogens (tertiary/aromatic N) is 2. The summed E-state index contributed by atoms with van der Waals surface area (Å²) >= 11 is 1.73. The average Bonchev–Trinajstić information content (AvgIpc) is 2.81. The van der Waals surface area contributed by atoms with Gasteiger partial charge in [0.2, 0.25) is 0 Å². The lowest BCUT2D eigenvalue weighted by Crippen LogP contribution is -3.12. The predicted octanol–water partition coefficient (Wildman–Crippen LogP) is 1.80. The van der Waals surface area contributed by atoms with Crippen LogP contribution >= 0.6 is 11.8 Å². The van der Waals surface area contributed by atoms with E-state index in [1.165, 1.54) is 10.5 Å². The molecule has 1 heterocycles. The molecule has 2 N–H and O–H groups in total. The second-order valence-corrected chi connectivity index (χ2v) is 7.13. The summed E-state index contributed by atoms with van der Waals surface area (Å²) < 4.78 is 1.79. The summed E-state index contributed by atoms with van der Waals surface area (Å²) in [6.07, 6.45) is 2.07. The Morgan fingerprint density at radius 2 is 1.96 bits per heavy atom. The number of aryl methyl sites for hydroxylation is 2. The number of benzene rings is 1. The first-order chi connectivity index (χ1) is 11.3. The Morgan fingerprint density at radius 1 is 1.33 bits per heavy atom. The molecule has 2 atom stereocenters. The highest BCUT2D eigenvalue weighted by atomic mass is 32.2. The summed E-state index contributed by atoms with van der Waals surface area (Å²) in [5, 5.41) is 7.38. The molecule has 6 heteroatoms. The average molecular weight is 348 g/mol. The van der Waals surface area contributed by atoms with Crippen molar-refractivity contribution in [1.82, 2.24) is 9.78 Å². The molecule has 2 rings (SSSR count). The van der Waals surface area contributed by atoms with Crippen molar-refractivity contribution in [3.63, 3.8) is 0 Å². The molecule has 1 unspecified atom stereocenters. The third-order valence-corrected chi connectivity index (χ3v) is 5.28. The lowest BCUT2D eigenvalue weighted by Gasteiger charge is -2.21. The number of thioether (sulfide) groups is 1. The molecule has 0 aliphatic heterocycles. The first kappa shape index (κ1) is 18.5. The van der Waals surface area contributed by atoms with Gasteiger partial charge < -0.3 is 10.2 Å². The van der Waals surface area contributed by atoms with Crippen LogP contribution in [0.5, 0.6) is 0 Å². The van der Waals surface area contributed by atoms with E-state index in [4.69, 9.17) is 0 Å². The maximum absolute atomic E-state index is 12.6. The van der Waals surface area contributed by atoms with Gasteiger partial charge in [-0.2, -0.15) is 5.10 Å². The van der Waals surface area contributed by atoms with E-state index in [1.807, 2.05) is 27.8 Å². The minimum absolute atomic E-state index is 0.0208. The van der Waals surface area contributed by atoms with Gasteiger partial charge in [-0.1, -0.05) is 12.1 Å². The number of rotatable bonds is 6. The number of nitrogens with one attached hydrogen (secondary N) is 2. The number of hydrogen-bond acceptors (Lipinski definition) is 3. The minimum Gasteiger partial charge on any atom is -0.324 e. The number of anilines is 1. The van der Waals surface area contributed by atoms with Crippen LogP contribution in [-0.4, -0.2) is 35.0 Å². The van der Waals surface area contributed by atoms with E-state index < -0.39 is 0 Å². The van der Waals surface area contributed by atoms with Crippen LogP contribution in [0, 0.1) is 13.8 Å². The van der Waals surface area contributed by atoms with Crippen molar-refractivity contribution in [1.29, 1.82) is 0 Å². The van der Waals surface area contributed by atoms with Gasteiger partial charge in [0.15, 0.2) is 6.04 Å². The zero-order valence-electron chi connectivity index (χ0n) is 15.3. The van der Waals surface area contributed by atoms with E-state index in [-0.39, 0.29) is 11.9 Å². The highest BCUT2D eigenvalue weighted by Gasteiger charge is 2.24. The van der Waals surface area contributed by atoms with Gasteiger partial charge in [0, 0.05) is 17.5 Å². The molecular formula is C18H27N4OS+. The fraction of sp³-hybridized carbons (Fsp3) is 0.444. The zero-order valence-corrected chi connectivity index (χ0v) is 16.1. The smallest absolute Gasteiger partial charge is 0.282 e. The SMILES string of the molecule is CSc1ccc(C[NH+](C)[C@H](C)C(=O)Nc2c(C)nn(C)c2C)cc1. The van der Waals surface area contributed by atoms with Crippen LogP contribution in [0.2, 0.25) is 0 Å². The lowest BCUT2D eigenvalue weighted by molar-refractivity contribution is -0.907. The van der Waals surface area contributed by atoms with Crippen LogP contribution in [0.4, 0.5) is 5.69 Å². The second-order valence-electron chi connectivity index (χ2n) is 6.25. The van der Waals surface area contributed by atoms with E-state index in [9.17, 15) is 4.79 Å². The molecule has 0 aliphatic carbocycles. The number of carbonyl (C=O) groups is 1. The molecule has 0 radical (unpaired) electrons. The van der Waals surface area contributed by atoms with Crippen LogP contribution in [0.15, 0.2) is 29.2 Å². The van der Waals surface area contributed by atoms with E-state index in [0.717, 1.165) is 28.5 Å².